The number of carbonyl (C=O) groups excluding carboxylic acids is 1. The minimum atomic E-state index is -0.196. The van der Waals surface area contributed by atoms with Gasteiger partial charge in [-0.05, 0) is 31.5 Å². The second-order valence-corrected chi connectivity index (χ2v) is 7.56. The molecule has 5 nitrogen and oxygen atoms in total. The molecule has 0 aliphatic heterocycles. The van der Waals surface area contributed by atoms with Crippen molar-refractivity contribution in [3.05, 3.63) is 29.3 Å². The lowest BCUT2D eigenvalue weighted by Crippen LogP contribution is -2.31. The molecule has 1 amide bonds. The fourth-order valence-electron chi connectivity index (χ4n) is 1.59. The van der Waals surface area contributed by atoms with E-state index in [2.05, 4.69) is 20.8 Å². The number of nitrogens with zero attached hydrogens (tertiary/aromatic N) is 2. The van der Waals surface area contributed by atoms with Gasteiger partial charge in [-0.15, -0.1) is 10.2 Å². The molecule has 0 aliphatic rings. The molecular formula is C14H17ClN4OS2. The molecule has 0 aliphatic carbocycles. The summed E-state index contributed by atoms with van der Waals surface area (Å²) in [6.07, 6.45) is 0.926. The first-order chi connectivity index (χ1) is 10.6. The second-order valence-electron chi connectivity index (χ2n) is 4.56. The number of amides is 1. The van der Waals surface area contributed by atoms with Crippen molar-refractivity contribution in [2.45, 2.75) is 29.9 Å². The van der Waals surface area contributed by atoms with Crippen LogP contribution in [-0.2, 0) is 4.79 Å². The summed E-state index contributed by atoms with van der Waals surface area (Å²) >= 11 is 8.75. The van der Waals surface area contributed by atoms with Crippen molar-refractivity contribution in [3.8, 4) is 0 Å². The molecule has 0 saturated carbocycles. The van der Waals surface area contributed by atoms with Gasteiger partial charge in [0.1, 0.15) is 0 Å². The molecule has 0 spiro atoms. The molecule has 0 radical (unpaired) electrons. The highest BCUT2D eigenvalue weighted by Gasteiger charge is 2.16. The molecule has 0 saturated heterocycles. The Morgan fingerprint density at radius 3 is 3.00 bits per heavy atom. The predicted molar refractivity (Wildman–Crippen MR) is 93.3 cm³/mol. The summed E-state index contributed by atoms with van der Waals surface area (Å²) in [4.78, 5) is 11.8. The number of hydrogen-bond donors (Lipinski definition) is 2. The van der Waals surface area contributed by atoms with Crippen molar-refractivity contribution >= 4 is 51.4 Å². The van der Waals surface area contributed by atoms with Crippen LogP contribution in [0.5, 0.6) is 0 Å². The Hall–Kier alpha value is -1.31. The summed E-state index contributed by atoms with van der Waals surface area (Å²) in [7, 11) is 0. The highest BCUT2D eigenvalue weighted by Crippen LogP contribution is 2.30. The number of benzene rings is 1. The second kappa shape index (κ2) is 8.36. The zero-order valence-electron chi connectivity index (χ0n) is 12.3. The number of rotatable bonds is 7. The molecule has 8 heteroatoms. The maximum atomic E-state index is 11.8. The quantitative estimate of drug-likeness (QED) is 0.735. The first-order valence-corrected chi connectivity index (χ1v) is 8.96. The first-order valence-electron chi connectivity index (χ1n) is 6.89. The summed E-state index contributed by atoms with van der Waals surface area (Å²) < 4.78 is 0.753. The van der Waals surface area contributed by atoms with Gasteiger partial charge in [0, 0.05) is 17.3 Å². The van der Waals surface area contributed by atoms with Crippen LogP contribution in [0.25, 0.3) is 0 Å². The van der Waals surface area contributed by atoms with E-state index in [1.165, 1.54) is 23.1 Å². The number of thioether (sulfide) groups is 1. The topological polar surface area (TPSA) is 66.9 Å². The Bertz CT molecular complexity index is 635. The molecule has 118 valence electrons. The molecule has 2 N–H and O–H groups in total. The fraction of sp³-hybridized carbons (Fsp3) is 0.357. The maximum Gasteiger partial charge on any atom is 0.233 e. The van der Waals surface area contributed by atoms with Crippen molar-refractivity contribution in [2.75, 3.05) is 11.9 Å². The van der Waals surface area contributed by atoms with Gasteiger partial charge in [-0.25, -0.2) is 0 Å². The zero-order chi connectivity index (χ0) is 15.9. The molecule has 1 atom stereocenters. The Labute approximate surface area is 142 Å². The zero-order valence-corrected chi connectivity index (χ0v) is 14.7. The van der Waals surface area contributed by atoms with Gasteiger partial charge in [-0.3, -0.25) is 4.79 Å². The van der Waals surface area contributed by atoms with Crippen molar-refractivity contribution in [1.29, 1.82) is 0 Å². The van der Waals surface area contributed by atoms with E-state index < -0.39 is 0 Å². The highest BCUT2D eigenvalue weighted by molar-refractivity contribution is 8.02. The molecule has 0 unspecified atom stereocenters. The lowest BCUT2D eigenvalue weighted by atomic mass is 10.3. The molecule has 2 aromatic rings. The molecular weight excluding hydrogens is 340 g/mol. The smallest absolute Gasteiger partial charge is 0.233 e. The van der Waals surface area contributed by atoms with Crippen LogP contribution in [0.3, 0.4) is 0 Å². The van der Waals surface area contributed by atoms with Gasteiger partial charge in [0.15, 0.2) is 4.34 Å². The minimum absolute atomic E-state index is 0.0198. The van der Waals surface area contributed by atoms with Crippen molar-refractivity contribution in [1.82, 2.24) is 15.5 Å². The number of hydrogen-bond acceptors (Lipinski definition) is 6. The number of carbonyl (C=O) groups is 1. The highest BCUT2D eigenvalue weighted by atomic mass is 35.5. The number of nitrogens with one attached hydrogen (secondary N) is 2. The third-order valence-electron chi connectivity index (χ3n) is 2.68. The van der Waals surface area contributed by atoms with Gasteiger partial charge in [-0.2, -0.15) is 0 Å². The molecule has 0 fully saturated rings. The van der Waals surface area contributed by atoms with E-state index in [9.17, 15) is 4.79 Å². The SMILES string of the molecule is CCCNC(=O)[C@@H](C)Sc1nnc(Nc2cccc(Cl)c2)s1. The van der Waals surface area contributed by atoms with Crippen LogP contribution in [-0.4, -0.2) is 27.9 Å². The Morgan fingerprint density at radius 1 is 1.45 bits per heavy atom. The monoisotopic (exact) mass is 356 g/mol. The van der Waals surface area contributed by atoms with Crippen LogP contribution >= 0.6 is 34.7 Å². The molecule has 1 heterocycles. The Morgan fingerprint density at radius 2 is 2.27 bits per heavy atom. The van der Waals surface area contributed by atoms with Crippen LogP contribution in [0, 0.1) is 0 Å². The van der Waals surface area contributed by atoms with E-state index in [1.54, 1.807) is 0 Å². The molecule has 1 aromatic heterocycles. The number of anilines is 2. The Balaban J connectivity index is 1.92. The van der Waals surface area contributed by atoms with Crippen LogP contribution in [0.15, 0.2) is 28.6 Å². The van der Waals surface area contributed by atoms with Gasteiger partial charge in [0.05, 0.1) is 5.25 Å². The molecule has 22 heavy (non-hydrogen) atoms. The van der Waals surface area contributed by atoms with Crippen LogP contribution in [0.1, 0.15) is 20.3 Å². The van der Waals surface area contributed by atoms with E-state index in [4.69, 9.17) is 11.6 Å². The number of aromatic nitrogens is 2. The summed E-state index contributed by atoms with van der Waals surface area (Å²) in [6, 6.07) is 7.39. The van der Waals surface area contributed by atoms with Crippen molar-refractivity contribution in [2.24, 2.45) is 0 Å². The molecule has 1 aromatic carbocycles. The maximum absolute atomic E-state index is 11.8. The third kappa shape index (κ3) is 5.15. The van der Waals surface area contributed by atoms with Crippen LogP contribution in [0.2, 0.25) is 5.02 Å². The van der Waals surface area contributed by atoms with Crippen LogP contribution in [0.4, 0.5) is 10.8 Å². The van der Waals surface area contributed by atoms with Gasteiger partial charge in [0.2, 0.25) is 11.0 Å². The fourth-order valence-corrected chi connectivity index (χ4v) is 3.73. The first kappa shape index (κ1) is 17.1. The van der Waals surface area contributed by atoms with Gasteiger partial charge < -0.3 is 10.6 Å². The summed E-state index contributed by atoms with van der Waals surface area (Å²) in [6.45, 7) is 4.58. The van der Waals surface area contributed by atoms with Crippen molar-refractivity contribution < 1.29 is 4.79 Å². The average Bonchev–Trinajstić information content (AvgIpc) is 2.91. The number of halogens is 1. The van der Waals surface area contributed by atoms with E-state index in [0.717, 1.165) is 16.4 Å². The van der Waals surface area contributed by atoms with E-state index in [-0.39, 0.29) is 11.2 Å². The van der Waals surface area contributed by atoms with E-state index in [1.807, 2.05) is 38.1 Å². The van der Waals surface area contributed by atoms with Crippen molar-refractivity contribution in [3.63, 3.8) is 0 Å². The van der Waals surface area contributed by atoms with E-state index in [0.29, 0.717) is 16.7 Å². The summed E-state index contributed by atoms with van der Waals surface area (Å²) in [5.74, 6) is 0.0198. The molecule has 2 rings (SSSR count). The van der Waals surface area contributed by atoms with Gasteiger partial charge in [0.25, 0.3) is 0 Å². The molecule has 0 bridgehead atoms. The lowest BCUT2D eigenvalue weighted by molar-refractivity contribution is -0.120. The normalized spacial score (nSPS) is 12.0. The predicted octanol–water partition coefficient (Wildman–Crippen LogP) is 3.94. The third-order valence-corrected chi connectivity index (χ3v) is 4.94. The van der Waals surface area contributed by atoms with Gasteiger partial charge in [-0.1, -0.05) is 47.7 Å². The minimum Gasteiger partial charge on any atom is -0.355 e. The summed E-state index contributed by atoms with van der Waals surface area (Å²) in [5.41, 5.74) is 0.855. The largest absolute Gasteiger partial charge is 0.355 e. The van der Waals surface area contributed by atoms with Gasteiger partial charge >= 0.3 is 0 Å². The average molecular weight is 357 g/mol. The van der Waals surface area contributed by atoms with Crippen LogP contribution < -0.4 is 10.6 Å². The Kier molecular flexibility index (Phi) is 6.48. The summed E-state index contributed by atoms with van der Waals surface area (Å²) in [5, 5.41) is 15.3. The lowest BCUT2D eigenvalue weighted by Gasteiger charge is -2.08. The standard InChI is InChI=1S/C14H17ClN4OS2/c1-3-7-16-12(20)9(2)21-14-19-18-13(22-14)17-11-6-4-5-10(15)8-11/h4-6,8-9H,3,7H2,1-2H3,(H,16,20)(H,17,18)/t9-/m1/s1. The van der Waals surface area contributed by atoms with E-state index >= 15 is 0 Å².